The summed E-state index contributed by atoms with van der Waals surface area (Å²) >= 11 is 0. The third kappa shape index (κ3) is 2.67. The van der Waals surface area contributed by atoms with E-state index < -0.39 is 0 Å². The van der Waals surface area contributed by atoms with Crippen LogP contribution in [-0.2, 0) is 0 Å². The van der Waals surface area contributed by atoms with Crippen LogP contribution in [0.3, 0.4) is 0 Å². The van der Waals surface area contributed by atoms with Crippen LogP contribution in [-0.4, -0.2) is 29.5 Å². The molecule has 0 spiro atoms. The van der Waals surface area contributed by atoms with E-state index in [1.165, 1.54) is 36.8 Å². The van der Waals surface area contributed by atoms with Gasteiger partial charge in [0, 0.05) is 24.0 Å². The average Bonchev–Trinajstić information content (AvgIpc) is 2.39. The van der Waals surface area contributed by atoms with Crippen molar-refractivity contribution in [3.8, 4) is 0 Å². The second-order valence-electron chi connectivity index (χ2n) is 6.39. The molecule has 19 heavy (non-hydrogen) atoms. The Kier molecular flexibility index (Phi) is 4.26. The zero-order valence-corrected chi connectivity index (χ0v) is 12.7. The number of hydrogen-bond donors (Lipinski definition) is 1. The zero-order valence-electron chi connectivity index (χ0n) is 12.7. The van der Waals surface area contributed by atoms with E-state index in [4.69, 9.17) is 5.73 Å². The van der Waals surface area contributed by atoms with E-state index in [0.717, 1.165) is 5.92 Å². The molecule has 1 aliphatic rings. The minimum Gasteiger partial charge on any atom is -0.322 e. The summed E-state index contributed by atoms with van der Waals surface area (Å²) in [7, 11) is 4.34. The van der Waals surface area contributed by atoms with Gasteiger partial charge in [-0.1, -0.05) is 6.92 Å². The van der Waals surface area contributed by atoms with Crippen LogP contribution in [0.1, 0.15) is 49.8 Å². The molecule has 1 aromatic rings. The predicted molar refractivity (Wildman–Crippen MR) is 80.0 cm³/mol. The second kappa shape index (κ2) is 5.59. The number of hydrogen-bond acceptors (Lipinski definition) is 3. The molecular weight excluding hydrogens is 234 g/mol. The van der Waals surface area contributed by atoms with E-state index in [1.54, 1.807) is 0 Å². The van der Waals surface area contributed by atoms with Gasteiger partial charge in [-0.3, -0.25) is 4.98 Å². The van der Waals surface area contributed by atoms with Gasteiger partial charge in [0.15, 0.2) is 0 Å². The molecule has 106 valence electrons. The highest BCUT2D eigenvalue weighted by atomic mass is 15.2. The van der Waals surface area contributed by atoms with Crippen LogP contribution < -0.4 is 5.73 Å². The monoisotopic (exact) mass is 261 g/mol. The van der Waals surface area contributed by atoms with Crippen LogP contribution in [0.25, 0.3) is 0 Å². The van der Waals surface area contributed by atoms with E-state index in [9.17, 15) is 0 Å². The number of aryl methyl sites for hydroxylation is 1. The van der Waals surface area contributed by atoms with Gasteiger partial charge in [-0.2, -0.15) is 0 Å². The van der Waals surface area contributed by atoms with Crippen LogP contribution in [0.5, 0.6) is 0 Å². The molecule has 1 aliphatic carbocycles. The van der Waals surface area contributed by atoms with Gasteiger partial charge >= 0.3 is 0 Å². The van der Waals surface area contributed by atoms with Crippen LogP contribution in [0.15, 0.2) is 18.5 Å². The summed E-state index contributed by atoms with van der Waals surface area (Å²) < 4.78 is 0. The molecule has 2 rings (SSSR count). The zero-order chi connectivity index (χ0) is 14.0. The molecule has 0 saturated heterocycles. The molecule has 3 nitrogen and oxygen atoms in total. The van der Waals surface area contributed by atoms with E-state index in [0.29, 0.717) is 0 Å². The maximum atomic E-state index is 6.67. The number of rotatable bonds is 3. The van der Waals surface area contributed by atoms with Crippen LogP contribution >= 0.6 is 0 Å². The summed E-state index contributed by atoms with van der Waals surface area (Å²) in [4.78, 5) is 6.61. The molecule has 1 atom stereocenters. The topological polar surface area (TPSA) is 42.1 Å². The quantitative estimate of drug-likeness (QED) is 0.909. The Balaban J connectivity index is 2.32. The molecule has 0 aromatic carbocycles. The summed E-state index contributed by atoms with van der Waals surface area (Å²) in [5.41, 5.74) is 9.21. The molecule has 0 aliphatic heterocycles. The van der Waals surface area contributed by atoms with Crippen molar-refractivity contribution < 1.29 is 0 Å². The highest BCUT2D eigenvalue weighted by molar-refractivity contribution is 5.28. The summed E-state index contributed by atoms with van der Waals surface area (Å²) in [6, 6.07) is 2.10. The first kappa shape index (κ1) is 14.5. The predicted octanol–water partition coefficient (Wildman–Crippen LogP) is 2.90. The summed E-state index contributed by atoms with van der Waals surface area (Å²) in [5, 5.41) is 0. The van der Waals surface area contributed by atoms with Crippen LogP contribution in [0.2, 0.25) is 0 Å². The lowest BCUT2D eigenvalue weighted by Gasteiger charge is -2.48. The molecular formula is C16H27N3. The first-order valence-corrected chi connectivity index (χ1v) is 7.31. The highest BCUT2D eigenvalue weighted by Crippen LogP contribution is 2.42. The van der Waals surface area contributed by atoms with Crippen molar-refractivity contribution in [2.45, 2.75) is 51.1 Å². The Hall–Kier alpha value is -0.930. The first-order valence-electron chi connectivity index (χ1n) is 7.31. The fourth-order valence-electron chi connectivity index (χ4n) is 3.39. The molecule has 1 unspecified atom stereocenters. The fourth-order valence-corrected chi connectivity index (χ4v) is 3.39. The van der Waals surface area contributed by atoms with Crippen LogP contribution in [0, 0.1) is 12.8 Å². The van der Waals surface area contributed by atoms with Gasteiger partial charge < -0.3 is 10.6 Å². The molecule has 3 heteroatoms. The smallest absolute Gasteiger partial charge is 0.0499 e. The Morgan fingerprint density at radius 2 is 2.00 bits per heavy atom. The fraction of sp³-hybridized carbons (Fsp3) is 0.688. The Morgan fingerprint density at radius 1 is 1.37 bits per heavy atom. The second-order valence-corrected chi connectivity index (χ2v) is 6.39. The number of likely N-dealkylation sites (N-methyl/N-ethyl adjacent to an activating group) is 1. The first-order chi connectivity index (χ1) is 8.97. The standard InChI is InChI=1S/C16H27N3/c1-12-5-8-16(9-6-12,19(3)4)15(17)14-11-18-10-7-13(14)2/h7,10-12,15H,5-6,8-9,17H2,1-4H3. The lowest BCUT2D eigenvalue weighted by molar-refractivity contribution is 0.0561. The largest absolute Gasteiger partial charge is 0.322 e. The summed E-state index contributed by atoms with van der Waals surface area (Å²) in [5.74, 6) is 0.829. The molecule has 0 radical (unpaired) electrons. The van der Waals surface area contributed by atoms with Crippen molar-refractivity contribution in [2.24, 2.45) is 11.7 Å². The number of nitrogens with zero attached hydrogens (tertiary/aromatic N) is 2. The van der Waals surface area contributed by atoms with Crippen molar-refractivity contribution in [2.75, 3.05) is 14.1 Å². The minimum absolute atomic E-state index is 0.0451. The maximum absolute atomic E-state index is 6.67. The summed E-state index contributed by atoms with van der Waals surface area (Å²) in [6.45, 7) is 4.48. The summed E-state index contributed by atoms with van der Waals surface area (Å²) in [6.07, 6.45) is 8.68. The minimum atomic E-state index is 0.0451. The van der Waals surface area contributed by atoms with Crippen molar-refractivity contribution in [1.29, 1.82) is 0 Å². The SMILES string of the molecule is Cc1ccncc1C(N)C1(N(C)C)CCC(C)CC1. The third-order valence-electron chi connectivity index (χ3n) is 5.02. The molecule has 1 heterocycles. The third-order valence-corrected chi connectivity index (χ3v) is 5.02. The molecule has 1 aromatic heterocycles. The van der Waals surface area contributed by atoms with E-state index in [2.05, 4.69) is 43.9 Å². The van der Waals surface area contributed by atoms with Gasteiger partial charge in [0.25, 0.3) is 0 Å². The number of pyridine rings is 1. The number of nitrogens with two attached hydrogens (primary N) is 1. The van der Waals surface area contributed by atoms with E-state index in [1.807, 2.05) is 12.4 Å². The van der Waals surface area contributed by atoms with Crippen LogP contribution in [0.4, 0.5) is 0 Å². The van der Waals surface area contributed by atoms with Gasteiger partial charge in [-0.25, -0.2) is 0 Å². The number of aromatic nitrogens is 1. The van der Waals surface area contributed by atoms with Crippen molar-refractivity contribution in [1.82, 2.24) is 9.88 Å². The maximum Gasteiger partial charge on any atom is 0.0499 e. The van der Waals surface area contributed by atoms with Gasteiger partial charge in [-0.05, 0) is 69.8 Å². The molecule has 0 bridgehead atoms. The van der Waals surface area contributed by atoms with Gasteiger partial charge in [0.2, 0.25) is 0 Å². The molecule has 0 amide bonds. The average molecular weight is 261 g/mol. The molecule has 2 N–H and O–H groups in total. The molecule has 1 saturated carbocycles. The lowest BCUT2D eigenvalue weighted by atomic mass is 9.70. The lowest BCUT2D eigenvalue weighted by Crippen LogP contribution is -2.54. The van der Waals surface area contributed by atoms with E-state index >= 15 is 0 Å². The Morgan fingerprint density at radius 3 is 2.53 bits per heavy atom. The van der Waals surface area contributed by atoms with Crippen molar-refractivity contribution >= 4 is 0 Å². The highest BCUT2D eigenvalue weighted by Gasteiger charge is 2.42. The van der Waals surface area contributed by atoms with E-state index in [-0.39, 0.29) is 11.6 Å². The van der Waals surface area contributed by atoms with Crippen molar-refractivity contribution in [3.05, 3.63) is 29.6 Å². The van der Waals surface area contributed by atoms with Gasteiger partial charge in [0.1, 0.15) is 0 Å². The van der Waals surface area contributed by atoms with Crippen molar-refractivity contribution in [3.63, 3.8) is 0 Å². The normalized spacial score (nSPS) is 29.5. The van der Waals surface area contributed by atoms with Gasteiger partial charge in [0.05, 0.1) is 0 Å². The Labute approximate surface area is 117 Å². The van der Waals surface area contributed by atoms with Gasteiger partial charge in [-0.15, -0.1) is 0 Å². The Bertz CT molecular complexity index is 420. The molecule has 1 fully saturated rings.